The van der Waals surface area contributed by atoms with Gasteiger partial charge in [-0.05, 0) is 30.9 Å². The first-order valence-electron chi connectivity index (χ1n) is 6.99. The SMILES string of the molecule is COc1cccc(-c2noc(N3CCC[C@@H](C)C3)n2)c1. The molecule has 20 heavy (non-hydrogen) atoms. The highest BCUT2D eigenvalue weighted by atomic mass is 16.5. The summed E-state index contributed by atoms with van der Waals surface area (Å²) in [6, 6.07) is 8.31. The van der Waals surface area contributed by atoms with Crippen molar-refractivity contribution in [1.29, 1.82) is 0 Å². The number of hydrogen-bond donors (Lipinski definition) is 0. The van der Waals surface area contributed by atoms with Gasteiger partial charge in [0.1, 0.15) is 5.75 Å². The fourth-order valence-electron chi connectivity index (χ4n) is 2.59. The van der Waals surface area contributed by atoms with Crippen LogP contribution in [0.5, 0.6) is 5.75 Å². The van der Waals surface area contributed by atoms with E-state index in [1.807, 2.05) is 24.3 Å². The molecular weight excluding hydrogens is 254 g/mol. The maximum Gasteiger partial charge on any atom is 0.324 e. The maximum absolute atomic E-state index is 5.40. The van der Waals surface area contributed by atoms with Crippen LogP contribution in [-0.4, -0.2) is 30.3 Å². The van der Waals surface area contributed by atoms with Gasteiger partial charge in [-0.15, -0.1) is 0 Å². The second kappa shape index (κ2) is 5.53. The minimum Gasteiger partial charge on any atom is -0.497 e. The zero-order valence-electron chi connectivity index (χ0n) is 11.9. The summed E-state index contributed by atoms with van der Waals surface area (Å²) in [7, 11) is 1.65. The molecule has 0 radical (unpaired) electrons. The number of anilines is 1. The fourth-order valence-corrected chi connectivity index (χ4v) is 2.59. The Kier molecular flexibility index (Phi) is 3.58. The summed E-state index contributed by atoms with van der Waals surface area (Å²) in [6.07, 6.45) is 2.45. The lowest BCUT2D eigenvalue weighted by atomic mass is 10.0. The molecular formula is C15H19N3O2. The molecule has 0 amide bonds. The van der Waals surface area contributed by atoms with Crippen LogP contribution in [0.4, 0.5) is 6.01 Å². The van der Waals surface area contributed by atoms with Crippen LogP contribution in [0.15, 0.2) is 28.8 Å². The Morgan fingerprint density at radius 1 is 1.40 bits per heavy atom. The second-order valence-corrected chi connectivity index (χ2v) is 5.33. The van der Waals surface area contributed by atoms with E-state index in [0.29, 0.717) is 17.8 Å². The van der Waals surface area contributed by atoms with Crippen molar-refractivity contribution in [3.8, 4) is 17.1 Å². The molecule has 2 aromatic rings. The van der Waals surface area contributed by atoms with E-state index in [9.17, 15) is 0 Å². The molecule has 5 nitrogen and oxygen atoms in total. The van der Waals surface area contributed by atoms with Crippen LogP contribution in [0.2, 0.25) is 0 Å². The average Bonchev–Trinajstić information content (AvgIpc) is 2.97. The van der Waals surface area contributed by atoms with E-state index in [1.54, 1.807) is 7.11 Å². The van der Waals surface area contributed by atoms with Gasteiger partial charge in [0.25, 0.3) is 0 Å². The molecule has 5 heteroatoms. The molecule has 0 unspecified atom stereocenters. The van der Waals surface area contributed by atoms with Crippen molar-refractivity contribution in [3.63, 3.8) is 0 Å². The molecule has 1 aromatic heterocycles. The summed E-state index contributed by atoms with van der Waals surface area (Å²) < 4.78 is 10.6. The van der Waals surface area contributed by atoms with E-state index in [2.05, 4.69) is 22.0 Å². The van der Waals surface area contributed by atoms with Crippen LogP contribution in [0.1, 0.15) is 19.8 Å². The van der Waals surface area contributed by atoms with Crippen molar-refractivity contribution < 1.29 is 9.26 Å². The zero-order chi connectivity index (χ0) is 13.9. The van der Waals surface area contributed by atoms with Crippen LogP contribution in [-0.2, 0) is 0 Å². The van der Waals surface area contributed by atoms with Gasteiger partial charge in [0, 0.05) is 18.7 Å². The maximum atomic E-state index is 5.40. The van der Waals surface area contributed by atoms with E-state index >= 15 is 0 Å². The Morgan fingerprint density at radius 2 is 2.30 bits per heavy atom. The number of nitrogens with zero attached hydrogens (tertiary/aromatic N) is 3. The number of piperidine rings is 1. The number of aromatic nitrogens is 2. The van der Waals surface area contributed by atoms with Gasteiger partial charge in [0.15, 0.2) is 0 Å². The van der Waals surface area contributed by atoms with Crippen LogP contribution in [0.25, 0.3) is 11.4 Å². The van der Waals surface area contributed by atoms with Crippen molar-refractivity contribution in [1.82, 2.24) is 10.1 Å². The molecule has 1 fully saturated rings. The molecule has 3 rings (SSSR count). The van der Waals surface area contributed by atoms with E-state index < -0.39 is 0 Å². The normalized spacial score (nSPS) is 19.1. The number of rotatable bonds is 3. The summed E-state index contributed by atoms with van der Waals surface area (Å²) in [5.74, 6) is 2.08. The first kappa shape index (κ1) is 13.0. The monoisotopic (exact) mass is 273 g/mol. The molecule has 106 valence electrons. The predicted octanol–water partition coefficient (Wildman–Crippen LogP) is 2.98. The van der Waals surface area contributed by atoms with E-state index in [1.165, 1.54) is 12.8 Å². The third kappa shape index (κ3) is 2.61. The number of benzene rings is 1. The summed E-state index contributed by atoms with van der Waals surface area (Å²) in [6.45, 7) is 4.23. The summed E-state index contributed by atoms with van der Waals surface area (Å²) in [4.78, 5) is 6.68. The zero-order valence-corrected chi connectivity index (χ0v) is 11.9. The molecule has 0 spiro atoms. The third-order valence-corrected chi connectivity index (χ3v) is 3.67. The molecule has 1 atom stereocenters. The van der Waals surface area contributed by atoms with Crippen molar-refractivity contribution >= 4 is 6.01 Å². The third-order valence-electron chi connectivity index (χ3n) is 3.67. The summed E-state index contributed by atoms with van der Waals surface area (Å²) in [5.41, 5.74) is 0.907. The van der Waals surface area contributed by atoms with Crippen LogP contribution >= 0.6 is 0 Å². The van der Waals surface area contributed by atoms with Gasteiger partial charge in [0.2, 0.25) is 5.82 Å². The van der Waals surface area contributed by atoms with Crippen LogP contribution in [0.3, 0.4) is 0 Å². The van der Waals surface area contributed by atoms with E-state index in [-0.39, 0.29) is 0 Å². The Hall–Kier alpha value is -2.04. The van der Waals surface area contributed by atoms with Gasteiger partial charge < -0.3 is 14.2 Å². The van der Waals surface area contributed by atoms with E-state index in [4.69, 9.17) is 9.26 Å². The van der Waals surface area contributed by atoms with Crippen molar-refractivity contribution in [3.05, 3.63) is 24.3 Å². The first-order chi connectivity index (χ1) is 9.76. The molecule has 0 saturated carbocycles. The lowest BCUT2D eigenvalue weighted by molar-refractivity contribution is 0.376. The smallest absolute Gasteiger partial charge is 0.324 e. The highest BCUT2D eigenvalue weighted by molar-refractivity contribution is 5.58. The lowest BCUT2D eigenvalue weighted by Crippen LogP contribution is -2.34. The molecule has 0 N–H and O–H groups in total. The van der Waals surface area contributed by atoms with Crippen LogP contribution < -0.4 is 9.64 Å². The Morgan fingerprint density at radius 3 is 3.10 bits per heavy atom. The standard InChI is InChI=1S/C15H19N3O2/c1-11-5-4-8-18(10-11)15-16-14(17-20-15)12-6-3-7-13(9-12)19-2/h3,6-7,9,11H,4-5,8,10H2,1-2H3/t11-/m1/s1. The Labute approximate surface area is 118 Å². The highest BCUT2D eigenvalue weighted by Crippen LogP contribution is 2.26. The fraction of sp³-hybridized carbons (Fsp3) is 0.467. The molecule has 1 aliphatic heterocycles. The molecule has 0 aliphatic carbocycles. The van der Waals surface area contributed by atoms with Crippen molar-refractivity contribution in [2.24, 2.45) is 5.92 Å². The van der Waals surface area contributed by atoms with Gasteiger partial charge in [0.05, 0.1) is 7.11 Å². The van der Waals surface area contributed by atoms with Gasteiger partial charge in [-0.1, -0.05) is 24.2 Å². The lowest BCUT2D eigenvalue weighted by Gasteiger charge is -2.28. The molecule has 1 saturated heterocycles. The van der Waals surface area contributed by atoms with Gasteiger partial charge in [-0.3, -0.25) is 0 Å². The molecule has 0 bridgehead atoms. The van der Waals surface area contributed by atoms with Crippen molar-refractivity contribution in [2.75, 3.05) is 25.1 Å². The quantitative estimate of drug-likeness (QED) is 0.860. The number of hydrogen-bond acceptors (Lipinski definition) is 5. The molecule has 1 aliphatic rings. The van der Waals surface area contributed by atoms with Gasteiger partial charge >= 0.3 is 6.01 Å². The minimum absolute atomic E-state index is 0.608. The highest BCUT2D eigenvalue weighted by Gasteiger charge is 2.21. The molecule has 2 heterocycles. The number of ether oxygens (including phenoxy) is 1. The first-order valence-corrected chi connectivity index (χ1v) is 6.99. The predicted molar refractivity (Wildman–Crippen MR) is 76.9 cm³/mol. The summed E-state index contributed by atoms with van der Waals surface area (Å²) >= 11 is 0. The Bertz CT molecular complexity index is 582. The largest absolute Gasteiger partial charge is 0.497 e. The average molecular weight is 273 g/mol. The van der Waals surface area contributed by atoms with Crippen LogP contribution in [0, 0.1) is 5.92 Å². The summed E-state index contributed by atoms with van der Waals surface area (Å²) in [5, 5.41) is 4.08. The second-order valence-electron chi connectivity index (χ2n) is 5.33. The van der Waals surface area contributed by atoms with Gasteiger partial charge in [-0.2, -0.15) is 4.98 Å². The van der Waals surface area contributed by atoms with Crippen molar-refractivity contribution in [2.45, 2.75) is 19.8 Å². The Balaban J connectivity index is 1.82. The van der Waals surface area contributed by atoms with E-state index in [0.717, 1.165) is 24.4 Å². The van der Waals surface area contributed by atoms with Gasteiger partial charge in [-0.25, -0.2) is 0 Å². The number of methoxy groups -OCH3 is 1. The molecule has 1 aromatic carbocycles. The topological polar surface area (TPSA) is 51.4 Å². The minimum atomic E-state index is 0.608.